The van der Waals surface area contributed by atoms with Crippen LogP contribution in [0.2, 0.25) is 0 Å². The van der Waals surface area contributed by atoms with Crippen molar-refractivity contribution in [3.63, 3.8) is 0 Å². The van der Waals surface area contributed by atoms with E-state index in [1.807, 2.05) is 0 Å². The van der Waals surface area contributed by atoms with Crippen LogP contribution >= 0.6 is 0 Å². The molecule has 0 aliphatic heterocycles. The quantitative estimate of drug-likeness (QED) is 0.157. The lowest BCUT2D eigenvalue weighted by molar-refractivity contribution is -0.137. The van der Waals surface area contributed by atoms with Crippen LogP contribution in [-0.4, -0.2) is 22.8 Å². The topological polar surface area (TPSA) is 57.5 Å². The number of hydrogen-bond acceptors (Lipinski definition) is 2. The van der Waals surface area contributed by atoms with Crippen LogP contribution in [-0.2, 0) is 4.79 Å². The van der Waals surface area contributed by atoms with Gasteiger partial charge in [-0.25, -0.2) is 0 Å². The van der Waals surface area contributed by atoms with E-state index in [0.29, 0.717) is 18.9 Å². The average molecular weight is 395 g/mol. The third-order valence-electron chi connectivity index (χ3n) is 5.30. The summed E-state index contributed by atoms with van der Waals surface area (Å²) in [5.41, 5.74) is 0. The van der Waals surface area contributed by atoms with Gasteiger partial charge in [-0.3, -0.25) is 4.79 Å². The summed E-state index contributed by atoms with van der Waals surface area (Å²) in [6.45, 7) is 2.51. The zero-order valence-electron chi connectivity index (χ0n) is 18.4. The first kappa shape index (κ1) is 26.9. The minimum absolute atomic E-state index is 0.314. The smallest absolute Gasteiger partial charge is 0.303 e. The third kappa shape index (κ3) is 23.0. The number of aliphatic hydroxyl groups is 1. The molecule has 0 radical (unpaired) electrons. The lowest BCUT2D eigenvalue weighted by Gasteiger charge is -2.09. The first-order valence-corrected chi connectivity index (χ1v) is 11.8. The zero-order chi connectivity index (χ0) is 20.7. The molecule has 0 aromatic carbocycles. The van der Waals surface area contributed by atoms with Crippen molar-refractivity contribution in [1.82, 2.24) is 0 Å². The SMILES string of the molecule is CC(CCCCCCC/C=C/C/C=C/CCCCCCCCO)CCC(=O)O. The van der Waals surface area contributed by atoms with E-state index in [9.17, 15) is 4.79 Å². The van der Waals surface area contributed by atoms with Gasteiger partial charge in [0.25, 0.3) is 0 Å². The largest absolute Gasteiger partial charge is 0.481 e. The molecule has 0 amide bonds. The number of carboxylic acids is 1. The van der Waals surface area contributed by atoms with Crippen molar-refractivity contribution in [3.05, 3.63) is 24.3 Å². The third-order valence-corrected chi connectivity index (χ3v) is 5.30. The molecule has 1 unspecified atom stereocenters. The fraction of sp³-hybridized carbons (Fsp3) is 0.800. The van der Waals surface area contributed by atoms with Crippen molar-refractivity contribution < 1.29 is 15.0 Å². The summed E-state index contributed by atoms with van der Waals surface area (Å²) in [5.74, 6) is -0.124. The van der Waals surface area contributed by atoms with E-state index in [1.165, 1.54) is 83.5 Å². The van der Waals surface area contributed by atoms with Gasteiger partial charge in [0.1, 0.15) is 0 Å². The fourth-order valence-corrected chi connectivity index (χ4v) is 3.39. The summed E-state index contributed by atoms with van der Waals surface area (Å²) in [7, 11) is 0. The molecule has 3 nitrogen and oxygen atoms in total. The van der Waals surface area contributed by atoms with Gasteiger partial charge < -0.3 is 10.2 Å². The molecule has 1 atom stereocenters. The summed E-state index contributed by atoms with van der Waals surface area (Å²) < 4.78 is 0. The number of unbranched alkanes of at least 4 members (excludes halogenated alkanes) is 11. The Kier molecular flexibility index (Phi) is 21.3. The van der Waals surface area contributed by atoms with Gasteiger partial charge in [0, 0.05) is 13.0 Å². The second-order valence-corrected chi connectivity index (χ2v) is 8.19. The molecule has 0 aliphatic rings. The molecule has 164 valence electrons. The molecule has 0 saturated carbocycles. The van der Waals surface area contributed by atoms with E-state index >= 15 is 0 Å². The lowest BCUT2D eigenvalue weighted by Crippen LogP contribution is -2.01. The molecule has 0 saturated heterocycles. The van der Waals surface area contributed by atoms with Gasteiger partial charge in [-0.15, -0.1) is 0 Å². The molecule has 0 rings (SSSR count). The summed E-state index contributed by atoms with van der Waals surface area (Å²) >= 11 is 0. The van der Waals surface area contributed by atoms with Crippen LogP contribution < -0.4 is 0 Å². The van der Waals surface area contributed by atoms with Crippen LogP contribution in [0.3, 0.4) is 0 Å². The molecular formula is C25H46O3. The average Bonchev–Trinajstić information content (AvgIpc) is 2.68. The Bertz CT molecular complexity index is 387. The van der Waals surface area contributed by atoms with Crippen LogP contribution in [0.15, 0.2) is 24.3 Å². The molecule has 28 heavy (non-hydrogen) atoms. The maximum Gasteiger partial charge on any atom is 0.303 e. The Morgan fingerprint density at radius 3 is 1.75 bits per heavy atom. The minimum atomic E-state index is -0.670. The monoisotopic (exact) mass is 394 g/mol. The van der Waals surface area contributed by atoms with E-state index in [2.05, 4.69) is 31.2 Å². The number of carboxylic acid groups (broad SMARTS) is 1. The number of hydrogen-bond donors (Lipinski definition) is 2. The molecule has 0 aromatic rings. The number of aliphatic hydroxyl groups excluding tert-OH is 1. The molecule has 0 bridgehead atoms. The van der Waals surface area contributed by atoms with Crippen LogP contribution in [0.25, 0.3) is 0 Å². The van der Waals surface area contributed by atoms with Crippen molar-refractivity contribution in [2.75, 3.05) is 6.61 Å². The predicted octanol–water partition coefficient (Wildman–Crippen LogP) is 7.44. The summed E-state index contributed by atoms with van der Waals surface area (Å²) in [6, 6.07) is 0. The van der Waals surface area contributed by atoms with E-state index in [-0.39, 0.29) is 0 Å². The van der Waals surface area contributed by atoms with Crippen molar-refractivity contribution in [2.24, 2.45) is 5.92 Å². The highest BCUT2D eigenvalue weighted by molar-refractivity contribution is 5.66. The number of carbonyl (C=O) groups is 1. The van der Waals surface area contributed by atoms with Crippen molar-refractivity contribution in [3.8, 4) is 0 Å². The van der Waals surface area contributed by atoms with Gasteiger partial charge in [0.05, 0.1) is 0 Å². The second-order valence-electron chi connectivity index (χ2n) is 8.19. The van der Waals surface area contributed by atoms with Crippen LogP contribution in [0.1, 0.15) is 116 Å². The number of allylic oxidation sites excluding steroid dienone is 4. The van der Waals surface area contributed by atoms with Gasteiger partial charge in [-0.2, -0.15) is 0 Å². The highest BCUT2D eigenvalue weighted by Gasteiger charge is 2.04. The van der Waals surface area contributed by atoms with E-state index in [1.54, 1.807) is 0 Å². The molecule has 0 heterocycles. The highest BCUT2D eigenvalue weighted by atomic mass is 16.4. The van der Waals surface area contributed by atoms with Crippen LogP contribution in [0, 0.1) is 5.92 Å². The molecule has 2 N–H and O–H groups in total. The molecule has 3 heteroatoms. The highest BCUT2D eigenvalue weighted by Crippen LogP contribution is 2.16. The minimum Gasteiger partial charge on any atom is -0.481 e. The fourth-order valence-electron chi connectivity index (χ4n) is 3.39. The maximum absolute atomic E-state index is 10.5. The Morgan fingerprint density at radius 2 is 1.21 bits per heavy atom. The van der Waals surface area contributed by atoms with Crippen molar-refractivity contribution in [1.29, 1.82) is 0 Å². The lowest BCUT2D eigenvalue weighted by atomic mass is 9.97. The van der Waals surface area contributed by atoms with Crippen molar-refractivity contribution >= 4 is 5.97 Å². The second kappa shape index (κ2) is 22.2. The summed E-state index contributed by atoms with van der Waals surface area (Å²) in [6.07, 6.45) is 28.7. The normalized spacial score (nSPS) is 12.9. The summed E-state index contributed by atoms with van der Waals surface area (Å²) in [5, 5.41) is 17.4. The Hall–Kier alpha value is -1.09. The molecule has 0 fully saturated rings. The summed E-state index contributed by atoms with van der Waals surface area (Å²) in [4.78, 5) is 10.5. The first-order valence-electron chi connectivity index (χ1n) is 11.8. The molecule has 0 aromatic heterocycles. The zero-order valence-corrected chi connectivity index (χ0v) is 18.4. The maximum atomic E-state index is 10.5. The number of rotatable bonds is 21. The van der Waals surface area contributed by atoms with Gasteiger partial charge in [0.15, 0.2) is 0 Å². The predicted molar refractivity (Wildman–Crippen MR) is 121 cm³/mol. The molecular weight excluding hydrogens is 348 g/mol. The van der Waals surface area contributed by atoms with Crippen molar-refractivity contribution in [2.45, 2.75) is 116 Å². The number of aliphatic carboxylic acids is 1. The molecule has 0 aliphatic carbocycles. The van der Waals surface area contributed by atoms with E-state index in [0.717, 1.165) is 19.3 Å². The standard InChI is InChI=1S/C25H46O3/c1-24(21-22-25(27)28)20-18-16-14-12-10-8-6-4-2-3-5-7-9-11-13-15-17-19-23-26/h3-6,24,26H,2,7-23H2,1H3,(H,27,28)/b5-3+,6-4+. The van der Waals surface area contributed by atoms with Gasteiger partial charge in [-0.1, -0.05) is 89.0 Å². The van der Waals surface area contributed by atoms with E-state index in [4.69, 9.17) is 10.2 Å². The molecule has 0 spiro atoms. The van der Waals surface area contributed by atoms with Gasteiger partial charge >= 0.3 is 5.97 Å². The Labute approximate surface area is 174 Å². The first-order chi connectivity index (χ1) is 13.7. The Morgan fingerprint density at radius 1 is 0.714 bits per heavy atom. The van der Waals surface area contributed by atoms with Gasteiger partial charge in [-0.05, 0) is 50.9 Å². The van der Waals surface area contributed by atoms with Crippen LogP contribution in [0.4, 0.5) is 0 Å². The van der Waals surface area contributed by atoms with Crippen LogP contribution in [0.5, 0.6) is 0 Å². The van der Waals surface area contributed by atoms with E-state index < -0.39 is 5.97 Å². The van der Waals surface area contributed by atoms with Gasteiger partial charge in [0.2, 0.25) is 0 Å². The Balaban J connectivity index is 3.26.